The van der Waals surface area contributed by atoms with Crippen LogP contribution in [0.3, 0.4) is 0 Å². The van der Waals surface area contributed by atoms with Gasteiger partial charge < -0.3 is 30.5 Å². The normalized spacial score (nSPS) is 32.5. The van der Waals surface area contributed by atoms with Crippen molar-refractivity contribution in [2.45, 2.75) is 123 Å². The van der Waals surface area contributed by atoms with Crippen molar-refractivity contribution in [2.24, 2.45) is 46.3 Å². The highest BCUT2D eigenvalue weighted by Gasteiger charge is 2.62. The van der Waals surface area contributed by atoms with Crippen LogP contribution in [0.4, 0.5) is 0 Å². The largest absolute Gasteiger partial charge is 0.481 e. The van der Waals surface area contributed by atoms with Gasteiger partial charge in [0.05, 0.1) is 12.2 Å². The van der Waals surface area contributed by atoms with E-state index >= 15 is 0 Å². The highest BCUT2D eigenvalue weighted by molar-refractivity contribution is 6.30. The molecule has 4 aliphatic rings. The molecular weight excluding hydrogens is 694 g/mol. The average molecular weight is 754 g/mol. The number of carboxylic acids is 2. The quantitative estimate of drug-likeness (QED) is 0.155. The summed E-state index contributed by atoms with van der Waals surface area (Å²) >= 11 is 5.80. The van der Waals surface area contributed by atoms with E-state index < -0.39 is 17.5 Å². The second kappa shape index (κ2) is 16.7. The molecule has 2 aromatic rings. The van der Waals surface area contributed by atoms with Crippen LogP contribution < -0.4 is 10.1 Å². The van der Waals surface area contributed by atoms with E-state index in [4.69, 9.17) is 26.6 Å². The van der Waals surface area contributed by atoms with E-state index in [1.165, 1.54) is 39.5 Å². The highest BCUT2D eigenvalue weighted by Crippen LogP contribution is 2.68. The molecule has 4 fully saturated rings. The van der Waals surface area contributed by atoms with Crippen LogP contribution in [0.15, 0.2) is 48.5 Å². The third-order valence-electron chi connectivity index (χ3n) is 13.8. The molecule has 5 N–H and O–H groups in total. The Morgan fingerprint density at radius 3 is 2.19 bits per heavy atom. The fraction of sp³-hybridized carbons (Fsp3) is 0.651. The molecule has 0 aliphatic heterocycles. The molecule has 0 spiro atoms. The van der Waals surface area contributed by atoms with Crippen LogP contribution in [0.2, 0.25) is 5.02 Å². The van der Waals surface area contributed by atoms with Gasteiger partial charge in [-0.3, -0.25) is 9.59 Å². The van der Waals surface area contributed by atoms with E-state index in [0.717, 1.165) is 37.7 Å². The molecule has 9 nitrogen and oxygen atoms in total. The molecule has 0 saturated heterocycles. The van der Waals surface area contributed by atoms with Gasteiger partial charge in [0.1, 0.15) is 5.75 Å². The Balaban J connectivity index is 0.000000206. The van der Waals surface area contributed by atoms with Crippen LogP contribution in [0.5, 0.6) is 5.75 Å². The summed E-state index contributed by atoms with van der Waals surface area (Å²) in [5.41, 5.74) is 0.809. The zero-order chi connectivity index (χ0) is 38.7. The Labute approximate surface area is 319 Å². The lowest BCUT2D eigenvalue weighted by Crippen LogP contribution is -2.58. The first kappa shape index (κ1) is 41.0. The summed E-state index contributed by atoms with van der Waals surface area (Å²) in [5.74, 6) is 1.66. The van der Waals surface area contributed by atoms with Gasteiger partial charge in [-0.15, -0.1) is 0 Å². The SMILES string of the molecule is CC(C)(Oc1ccc(CCNC(=O)c2ccc(Cl)cc2)cc1)C(=O)O.C[C@H](CCC(=O)O)[C@H]1CC[C@H]2[C@@H]3[C@H](O)C[C@@H]4C[C@H](O)CC[C@]4(C)[C@H]3CC[C@]12C. The fourth-order valence-corrected chi connectivity index (χ4v) is 10.9. The number of aliphatic hydroxyl groups is 2. The number of carbonyl (C=O) groups excluding carboxylic acids is 1. The van der Waals surface area contributed by atoms with Crippen molar-refractivity contribution >= 4 is 29.4 Å². The highest BCUT2D eigenvalue weighted by atomic mass is 35.5. The van der Waals surface area contributed by atoms with Crippen molar-refractivity contribution in [2.75, 3.05) is 6.54 Å². The number of hydrogen-bond donors (Lipinski definition) is 5. The van der Waals surface area contributed by atoms with Gasteiger partial charge in [-0.2, -0.15) is 0 Å². The Morgan fingerprint density at radius 2 is 1.55 bits per heavy atom. The summed E-state index contributed by atoms with van der Waals surface area (Å²) < 4.78 is 5.45. The molecule has 4 aliphatic carbocycles. The third-order valence-corrected chi connectivity index (χ3v) is 14.1. The number of benzene rings is 2. The van der Waals surface area contributed by atoms with E-state index in [1.54, 1.807) is 36.4 Å². The molecule has 1 amide bonds. The summed E-state index contributed by atoms with van der Waals surface area (Å²) in [7, 11) is 0. The van der Waals surface area contributed by atoms with Gasteiger partial charge in [0.15, 0.2) is 5.60 Å². The molecule has 0 bridgehead atoms. The van der Waals surface area contributed by atoms with Crippen LogP contribution in [-0.4, -0.2) is 62.6 Å². The van der Waals surface area contributed by atoms with Crippen molar-refractivity contribution in [3.05, 3.63) is 64.7 Å². The maximum Gasteiger partial charge on any atom is 0.347 e. The molecule has 10 atom stereocenters. The minimum atomic E-state index is -1.28. The Hall–Kier alpha value is -3.14. The molecule has 0 heterocycles. The molecule has 292 valence electrons. The molecule has 0 aromatic heterocycles. The predicted octanol–water partition coefficient (Wildman–Crippen LogP) is 8.03. The Bertz CT molecular complexity index is 1580. The number of hydrogen-bond acceptors (Lipinski definition) is 6. The second-order valence-electron chi connectivity index (χ2n) is 17.4. The summed E-state index contributed by atoms with van der Waals surface area (Å²) in [4.78, 5) is 34.1. The minimum Gasteiger partial charge on any atom is -0.481 e. The van der Waals surface area contributed by atoms with E-state index in [-0.39, 0.29) is 35.4 Å². The van der Waals surface area contributed by atoms with Crippen molar-refractivity contribution in [1.29, 1.82) is 0 Å². The minimum absolute atomic E-state index is 0.153. The van der Waals surface area contributed by atoms with Crippen molar-refractivity contribution in [1.82, 2.24) is 5.32 Å². The Kier molecular flexibility index (Phi) is 12.9. The molecular formula is C43H60ClNO8. The zero-order valence-corrected chi connectivity index (χ0v) is 32.8. The summed E-state index contributed by atoms with van der Waals surface area (Å²) in [6.45, 7) is 10.6. The summed E-state index contributed by atoms with van der Waals surface area (Å²) in [5, 5.41) is 43.0. The predicted molar refractivity (Wildman–Crippen MR) is 205 cm³/mol. The molecule has 4 saturated carbocycles. The standard InChI is InChI=1S/C24H40O4.C19H20ClNO4/c1-14(4-7-21(27)28)17-5-6-18-22-19(9-11-24(17,18)3)23(2)10-8-16(25)12-15(23)13-20(22)26;1-19(2,18(23)24)25-16-9-3-13(4-10-16)11-12-21-17(22)14-5-7-15(20)8-6-14/h14-20,22,25-26H,4-13H2,1-3H3,(H,27,28);3-10H,11-12H2,1-2H3,(H,21,22)(H,23,24)/t14-,15+,16-,17-,18+,19+,20-,22+,23+,24-;/m1./s1. The second-order valence-corrected chi connectivity index (χ2v) is 17.9. The summed E-state index contributed by atoms with van der Waals surface area (Å²) in [6, 6.07) is 13.8. The molecule has 0 unspecified atom stereocenters. The van der Waals surface area contributed by atoms with Crippen molar-refractivity contribution in [3.63, 3.8) is 0 Å². The van der Waals surface area contributed by atoms with E-state index in [0.29, 0.717) is 64.8 Å². The van der Waals surface area contributed by atoms with Crippen molar-refractivity contribution in [3.8, 4) is 5.75 Å². The third kappa shape index (κ3) is 9.22. The lowest BCUT2D eigenvalue weighted by molar-refractivity contribution is -0.174. The molecule has 0 radical (unpaired) electrons. The van der Waals surface area contributed by atoms with Gasteiger partial charge in [0.2, 0.25) is 0 Å². The Morgan fingerprint density at radius 1 is 0.906 bits per heavy atom. The molecule has 10 heteroatoms. The van der Waals surface area contributed by atoms with Gasteiger partial charge in [0, 0.05) is 23.6 Å². The van der Waals surface area contributed by atoms with E-state index in [9.17, 15) is 24.6 Å². The van der Waals surface area contributed by atoms with Crippen LogP contribution in [-0.2, 0) is 16.0 Å². The van der Waals surface area contributed by atoms with Crippen LogP contribution in [0.1, 0.15) is 115 Å². The van der Waals surface area contributed by atoms with Gasteiger partial charge >= 0.3 is 11.9 Å². The topological polar surface area (TPSA) is 153 Å². The molecule has 2 aromatic carbocycles. The number of nitrogens with one attached hydrogen (secondary N) is 1. The number of amides is 1. The first-order chi connectivity index (χ1) is 24.9. The first-order valence-electron chi connectivity index (χ1n) is 19.6. The fourth-order valence-electron chi connectivity index (χ4n) is 10.8. The van der Waals surface area contributed by atoms with E-state index in [1.807, 2.05) is 12.1 Å². The first-order valence-corrected chi connectivity index (χ1v) is 20.0. The number of rotatable bonds is 11. The van der Waals surface area contributed by atoms with Crippen LogP contribution in [0.25, 0.3) is 0 Å². The van der Waals surface area contributed by atoms with Gasteiger partial charge in [-0.1, -0.05) is 44.5 Å². The maximum absolute atomic E-state index is 12.0. The molecule has 53 heavy (non-hydrogen) atoms. The average Bonchev–Trinajstić information content (AvgIpc) is 3.46. The smallest absolute Gasteiger partial charge is 0.347 e. The van der Waals surface area contributed by atoms with Gasteiger partial charge in [0.25, 0.3) is 5.91 Å². The number of carboxylic acid groups (broad SMARTS) is 2. The number of aliphatic hydroxyl groups excluding tert-OH is 2. The van der Waals surface area contributed by atoms with Gasteiger partial charge in [-0.25, -0.2) is 4.79 Å². The molecule has 6 rings (SSSR count). The number of fused-ring (bicyclic) bond motifs is 5. The maximum atomic E-state index is 12.0. The van der Waals surface area contributed by atoms with Crippen LogP contribution >= 0.6 is 11.6 Å². The number of aliphatic carboxylic acids is 2. The lowest BCUT2D eigenvalue weighted by Gasteiger charge is -2.62. The number of carbonyl (C=O) groups is 3. The summed E-state index contributed by atoms with van der Waals surface area (Å²) in [6.07, 6.45) is 9.85. The number of ether oxygens (including phenoxy) is 1. The number of halogens is 1. The zero-order valence-electron chi connectivity index (χ0n) is 32.0. The van der Waals surface area contributed by atoms with E-state index in [2.05, 4.69) is 26.1 Å². The van der Waals surface area contributed by atoms with Crippen LogP contribution in [0, 0.1) is 46.3 Å². The van der Waals surface area contributed by atoms with Crippen molar-refractivity contribution < 1.29 is 39.5 Å². The van der Waals surface area contributed by atoms with Gasteiger partial charge in [-0.05, 0) is 166 Å². The monoisotopic (exact) mass is 753 g/mol. The lowest BCUT2D eigenvalue weighted by atomic mass is 9.43.